The molecule has 2 atom stereocenters. The van der Waals surface area contributed by atoms with E-state index in [1.807, 2.05) is 19.2 Å². The number of carboxylic acids is 1. The zero-order valence-corrected chi connectivity index (χ0v) is 16.2. The Morgan fingerprint density at radius 2 is 2.12 bits per heavy atom. The third-order valence-corrected chi connectivity index (χ3v) is 5.41. The molecule has 140 valence electrons. The lowest BCUT2D eigenvalue weighted by molar-refractivity contribution is -0.143. The minimum absolute atomic E-state index is 0.0746. The van der Waals surface area contributed by atoms with Crippen molar-refractivity contribution in [3.05, 3.63) is 16.1 Å². The summed E-state index contributed by atoms with van der Waals surface area (Å²) in [6.07, 6.45) is 0.721. The second-order valence-corrected chi connectivity index (χ2v) is 7.78. The molecule has 25 heavy (non-hydrogen) atoms. The Kier molecular flexibility index (Phi) is 6.78. The number of thiazole rings is 1. The minimum Gasteiger partial charge on any atom is -0.480 e. The van der Waals surface area contributed by atoms with Gasteiger partial charge in [0.2, 0.25) is 0 Å². The average molecular weight is 369 g/mol. The molecule has 0 saturated carbocycles. The number of carboxylic acid groups (broad SMARTS) is 1. The highest BCUT2D eigenvalue weighted by Gasteiger charge is 2.39. The molecule has 0 aliphatic carbocycles. The third-order valence-electron chi connectivity index (χ3n) is 4.51. The second kappa shape index (κ2) is 8.62. The van der Waals surface area contributed by atoms with Crippen molar-refractivity contribution in [3.63, 3.8) is 0 Å². The summed E-state index contributed by atoms with van der Waals surface area (Å²) >= 11 is 1.58. The van der Waals surface area contributed by atoms with Gasteiger partial charge >= 0.3 is 12.0 Å². The number of nitrogens with zero attached hydrogens (tertiary/aromatic N) is 3. The van der Waals surface area contributed by atoms with Crippen molar-refractivity contribution < 1.29 is 14.7 Å². The maximum absolute atomic E-state index is 12.6. The number of amides is 2. The van der Waals surface area contributed by atoms with Gasteiger partial charge in [-0.05, 0) is 5.92 Å². The van der Waals surface area contributed by atoms with Crippen molar-refractivity contribution in [3.8, 4) is 0 Å². The lowest BCUT2D eigenvalue weighted by Crippen LogP contribution is -2.47. The Hall–Kier alpha value is -1.67. The molecule has 1 aliphatic heterocycles. The van der Waals surface area contributed by atoms with Crippen LogP contribution < -0.4 is 5.32 Å². The first-order chi connectivity index (χ1) is 11.8. The van der Waals surface area contributed by atoms with Crippen LogP contribution in [0.5, 0.6) is 0 Å². The van der Waals surface area contributed by atoms with Crippen LogP contribution in [0.3, 0.4) is 0 Å². The Morgan fingerprint density at radius 1 is 1.40 bits per heavy atom. The molecule has 0 bridgehead atoms. The highest BCUT2D eigenvalue weighted by atomic mass is 32.1. The monoisotopic (exact) mass is 368 g/mol. The molecule has 0 unspecified atom stereocenters. The van der Waals surface area contributed by atoms with Crippen LogP contribution in [-0.4, -0.2) is 57.1 Å². The summed E-state index contributed by atoms with van der Waals surface area (Å²) in [5, 5.41) is 15.8. The Balaban J connectivity index is 1.98. The van der Waals surface area contributed by atoms with Crippen LogP contribution in [0.1, 0.15) is 44.8 Å². The molecule has 2 N–H and O–H groups in total. The van der Waals surface area contributed by atoms with Gasteiger partial charge in [-0.15, -0.1) is 11.3 Å². The molecule has 1 aromatic heterocycles. The molecule has 1 aliphatic rings. The largest absolute Gasteiger partial charge is 0.480 e. The van der Waals surface area contributed by atoms with Crippen LogP contribution in [0, 0.1) is 5.92 Å². The number of hydrogen-bond donors (Lipinski definition) is 2. The summed E-state index contributed by atoms with van der Waals surface area (Å²) < 4.78 is 0. The van der Waals surface area contributed by atoms with Gasteiger partial charge in [-0.2, -0.15) is 0 Å². The van der Waals surface area contributed by atoms with Gasteiger partial charge in [-0.3, -0.25) is 0 Å². The van der Waals surface area contributed by atoms with Crippen LogP contribution in [0.15, 0.2) is 5.38 Å². The quantitative estimate of drug-likeness (QED) is 0.699. The summed E-state index contributed by atoms with van der Waals surface area (Å²) in [5.74, 6) is -1.00. The van der Waals surface area contributed by atoms with E-state index in [1.165, 1.54) is 4.90 Å². The maximum Gasteiger partial charge on any atom is 0.326 e. The lowest BCUT2D eigenvalue weighted by Gasteiger charge is -2.28. The van der Waals surface area contributed by atoms with E-state index in [1.54, 1.807) is 16.2 Å². The first kappa shape index (κ1) is 19.7. The normalized spacial score (nSPS) is 17.4. The van der Waals surface area contributed by atoms with Crippen LogP contribution in [-0.2, 0) is 17.9 Å². The van der Waals surface area contributed by atoms with E-state index in [9.17, 15) is 14.7 Å². The molecule has 8 heteroatoms. The third kappa shape index (κ3) is 4.92. The summed E-state index contributed by atoms with van der Waals surface area (Å²) in [5.41, 5.74) is 0.858. The first-order valence-electron chi connectivity index (χ1n) is 8.78. The fraction of sp³-hybridized carbons (Fsp3) is 0.706. The molecule has 1 saturated heterocycles. The SMILES string of the molecule is CC[C@H](C)[C@@H](C(=O)O)N1CCN(Cc2csc(CNC(C)C)n2)C1=O. The Morgan fingerprint density at radius 3 is 2.72 bits per heavy atom. The van der Waals surface area contributed by atoms with E-state index in [4.69, 9.17) is 0 Å². The summed E-state index contributed by atoms with van der Waals surface area (Å²) in [4.78, 5) is 32.0. The maximum atomic E-state index is 12.6. The number of aliphatic carboxylic acids is 1. The standard InChI is InChI=1S/C17H28N4O3S/c1-5-12(4)15(16(22)23)21-7-6-20(17(21)24)9-13-10-25-14(19-13)8-18-11(2)3/h10-12,15,18H,5-9H2,1-4H3,(H,22,23)/t12-,15-/m0/s1. The van der Waals surface area contributed by atoms with Crippen LogP contribution in [0.2, 0.25) is 0 Å². The van der Waals surface area contributed by atoms with Crippen molar-refractivity contribution in [1.29, 1.82) is 0 Å². The van der Waals surface area contributed by atoms with Crippen molar-refractivity contribution in [2.45, 2.75) is 59.3 Å². The van der Waals surface area contributed by atoms with Gasteiger partial charge in [0, 0.05) is 31.1 Å². The molecule has 2 rings (SSSR count). The van der Waals surface area contributed by atoms with E-state index in [0.717, 1.165) is 23.7 Å². The number of nitrogens with one attached hydrogen (secondary N) is 1. The van der Waals surface area contributed by atoms with Crippen molar-refractivity contribution in [1.82, 2.24) is 20.1 Å². The lowest BCUT2D eigenvalue weighted by atomic mass is 9.98. The van der Waals surface area contributed by atoms with Crippen LogP contribution in [0.25, 0.3) is 0 Å². The van der Waals surface area contributed by atoms with Crippen LogP contribution >= 0.6 is 11.3 Å². The predicted octanol–water partition coefficient (Wildman–Crippen LogP) is 2.38. The zero-order chi connectivity index (χ0) is 18.6. The second-order valence-electron chi connectivity index (χ2n) is 6.83. The molecular weight excluding hydrogens is 340 g/mol. The summed E-state index contributed by atoms with van der Waals surface area (Å²) in [6, 6.07) is -0.569. The zero-order valence-electron chi connectivity index (χ0n) is 15.4. The van der Waals surface area contributed by atoms with E-state index >= 15 is 0 Å². The Labute approximate surface area is 153 Å². The number of urea groups is 1. The average Bonchev–Trinajstić information content (AvgIpc) is 3.14. The molecule has 7 nitrogen and oxygen atoms in total. The van der Waals surface area contributed by atoms with Gasteiger partial charge in [0.25, 0.3) is 0 Å². The molecule has 0 spiro atoms. The molecular formula is C17H28N4O3S. The van der Waals surface area contributed by atoms with Crippen LogP contribution in [0.4, 0.5) is 4.79 Å². The number of carbonyl (C=O) groups excluding carboxylic acids is 1. The van der Waals surface area contributed by atoms with Crippen molar-refractivity contribution in [2.75, 3.05) is 13.1 Å². The molecule has 1 aromatic rings. The van der Waals surface area contributed by atoms with Crippen molar-refractivity contribution in [2.24, 2.45) is 5.92 Å². The number of carbonyl (C=O) groups is 2. The minimum atomic E-state index is -0.930. The van der Waals surface area contributed by atoms with E-state index in [2.05, 4.69) is 24.1 Å². The smallest absolute Gasteiger partial charge is 0.326 e. The van der Waals surface area contributed by atoms with E-state index < -0.39 is 12.0 Å². The van der Waals surface area contributed by atoms with Crippen molar-refractivity contribution >= 4 is 23.3 Å². The molecule has 0 radical (unpaired) electrons. The highest BCUT2D eigenvalue weighted by molar-refractivity contribution is 7.09. The summed E-state index contributed by atoms with van der Waals surface area (Å²) in [6.45, 7) is 10.1. The first-order valence-corrected chi connectivity index (χ1v) is 9.66. The van der Waals surface area contributed by atoms with Gasteiger partial charge in [0.1, 0.15) is 11.0 Å². The van der Waals surface area contributed by atoms with E-state index in [-0.39, 0.29) is 11.9 Å². The molecule has 2 amide bonds. The topological polar surface area (TPSA) is 85.8 Å². The molecule has 2 heterocycles. The van der Waals surface area contributed by atoms with E-state index in [0.29, 0.717) is 25.7 Å². The number of rotatable bonds is 9. The summed E-state index contributed by atoms with van der Waals surface area (Å²) in [7, 11) is 0. The van der Waals surface area contributed by atoms with Gasteiger partial charge in [0.15, 0.2) is 0 Å². The number of hydrogen-bond acceptors (Lipinski definition) is 5. The highest BCUT2D eigenvalue weighted by Crippen LogP contribution is 2.22. The van der Waals surface area contributed by atoms with Gasteiger partial charge in [-0.1, -0.05) is 34.1 Å². The predicted molar refractivity (Wildman–Crippen MR) is 97.5 cm³/mol. The van der Waals surface area contributed by atoms with Gasteiger partial charge in [0.05, 0.1) is 12.2 Å². The fourth-order valence-electron chi connectivity index (χ4n) is 2.90. The van der Waals surface area contributed by atoms with Gasteiger partial charge < -0.3 is 20.2 Å². The Bertz CT molecular complexity index is 604. The van der Waals surface area contributed by atoms with Gasteiger partial charge in [-0.25, -0.2) is 14.6 Å². The molecule has 0 aromatic carbocycles. The fourth-order valence-corrected chi connectivity index (χ4v) is 3.64. The number of aromatic nitrogens is 1. The molecule has 1 fully saturated rings.